The second-order valence-electron chi connectivity index (χ2n) is 6.45. The molecule has 0 saturated carbocycles. The van der Waals surface area contributed by atoms with Crippen molar-refractivity contribution in [1.29, 1.82) is 0 Å². The van der Waals surface area contributed by atoms with E-state index in [1.165, 1.54) is 6.29 Å². The average Bonchev–Trinajstić information content (AvgIpc) is 1.81. The van der Waals surface area contributed by atoms with Crippen LogP contribution in [0.4, 0.5) is 0 Å². The molecule has 0 rings (SSSR count). The summed E-state index contributed by atoms with van der Waals surface area (Å²) in [4.78, 5) is 0. The molecule has 0 amide bonds. The summed E-state index contributed by atoms with van der Waals surface area (Å²) < 4.78 is -0.482. The molecule has 88 valence electrons. The van der Waals surface area contributed by atoms with E-state index in [1.807, 2.05) is 0 Å². The van der Waals surface area contributed by atoms with E-state index in [4.69, 9.17) is 0 Å². The maximum atomic E-state index is 2.83. The third kappa shape index (κ3) is 3.31. The van der Waals surface area contributed by atoms with Gasteiger partial charge in [-0.25, -0.2) is 0 Å². The summed E-state index contributed by atoms with van der Waals surface area (Å²) in [5, 5.41) is 0. The van der Waals surface area contributed by atoms with Gasteiger partial charge in [0.25, 0.3) is 0 Å². The zero-order valence-corrected chi connectivity index (χ0v) is 14.2. The van der Waals surface area contributed by atoms with Gasteiger partial charge in [0.15, 0.2) is 0 Å². The fraction of sp³-hybridized carbons (Fsp3) is 1.00. The SMILES string of the molecule is CC(C)P(C)(I)(C[N+](C)(C)C)C(C)C. The number of hydrogen-bond donors (Lipinski definition) is 0. The maximum absolute atomic E-state index is 2.83. The topological polar surface area (TPSA) is 0 Å². The van der Waals surface area contributed by atoms with Crippen molar-refractivity contribution in [2.45, 2.75) is 39.0 Å². The average molecular weight is 332 g/mol. The van der Waals surface area contributed by atoms with Crippen LogP contribution >= 0.6 is 26.3 Å². The Balaban J connectivity index is 5.12. The van der Waals surface area contributed by atoms with Crippen LogP contribution in [0.1, 0.15) is 27.7 Å². The number of quaternary nitrogens is 1. The normalized spacial score (nSPS) is 17.2. The molecule has 0 fully saturated rings. The van der Waals surface area contributed by atoms with Crippen LogP contribution in [0.15, 0.2) is 0 Å². The van der Waals surface area contributed by atoms with Gasteiger partial charge in [-0.15, -0.1) is 0 Å². The van der Waals surface area contributed by atoms with Gasteiger partial charge in [0, 0.05) is 0 Å². The van der Waals surface area contributed by atoms with Crippen LogP contribution in [0.3, 0.4) is 0 Å². The summed E-state index contributed by atoms with van der Waals surface area (Å²) >= 11 is 2.83. The Morgan fingerprint density at radius 2 is 1.29 bits per heavy atom. The first-order valence-electron chi connectivity index (χ1n) is 5.42. The van der Waals surface area contributed by atoms with Gasteiger partial charge in [-0.1, -0.05) is 0 Å². The first kappa shape index (κ1) is 15.1. The van der Waals surface area contributed by atoms with Crippen molar-refractivity contribution in [1.82, 2.24) is 0 Å². The van der Waals surface area contributed by atoms with Gasteiger partial charge < -0.3 is 0 Å². The molecule has 0 unspecified atom stereocenters. The molecule has 0 aliphatic carbocycles. The van der Waals surface area contributed by atoms with E-state index in [0.29, 0.717) is 0 Å². The molecule has 0 saturated heterocycles. The molecule has 0 aromatic rings. The van der Waals surface area contributed by atoms with Crippen LogP contribution in [0, 0.1) is 0 Å². The molecule has 14 heavy (non-hydrogen) atoms. The molecule has 0 heterocycles. The van der Waals surface area contributed by atoms with Gasteiger partial charge in [0.1, 0.15) is 0 Å². The summed E-state index contributed by atoms with van der Waals surface area (Å²) in [6.45, 7) is 12.2. The zero-order chi connectivity index (χ0) is 11.8. The van der Waals surface area contributed by atoms with Crippen molar-refractivity contribution in [2.24, 2.45) is 0 Å². The first-order chi connectivity index (χ1) is 5.89. The Morgan fingerprint density at radius 1 is 1.00 bits per heavy atom. The predicted molar refractivity (Wildman–Crippen MR) is 80.0 cm³/mol. The van der Waals surface area contributed by atoms with Gasteiger partial charge >= 0.3 is 104 Å². The Morgan fingerprint density at radius 3 is 1.36 bits per heavy atom. The summed E-state index contributed by atoms with van der Waals surface area (Å²) in [5.74, 6) is 0. The minimum atomic E-state index is -1.57. The molecule has 0 N–H and O–H groups in total. The van der Waals surface area contributed by atoms with Crippen molar-refractivity contribution in [3.05, 3.63) is 0 Å². The molecule has 0 aliphatic rings. The first-order valence-corrected chi connectivity index (χ1v) is 11.2. The second-order valence-corrected chi connectivity index (χ2v) is 20.7. The molecule has 0 aromatic carbocycles. The fourth-order valence-corrected chi connectivity index (χ4v) is 8.74. The Hall–Kier alpha value is 1.12. The van der Waals surface area contributed by atoms with Gasteiger partial charge in [-0.2, -0.15) is 0 Å². The van der Waals surface area contributed by atoms with E-state index in [1.54, 1.807) is 0 Å². The molecule has 0 radical (unpaired) electrons. The van der Waals surface area contributed by atoms with Gasteiger partial charge in [-0.3, -0.25) is 0 Å². The van der Waals surface area contributed by atoms with Crippen molar-refractivity contribution in [3.8, 4) is 0 Å². The summed E-state index contributed by atoms with van der Waals surface area (Å²) in [6.07, 6.45) is 1.33. The van der Waals surface area contributed by atoms with Crippen LogP contribution < -0.4 is 0 Å². The van der Waals surface area contributed by atoms with Crippen LogP contribution in [0.5, 0.6) is 0 Å². The monoisotopic (exact) mass is 332 g/mol. The predicted octanol–water partition coefficient (Wildman–Crippen LogP) is 4.00. The van der Waals surface area contributed by atoms with E-state index < -0.39 is 4.25 Å². The number of halogens is 1. The van der Waals surface area contributed by atoms with E-state index in [9.17, 15) is 0 Å². The molecule has 0 bridgehead atoms. The Bertz CT molecular complexity index is 192. The van der Waals surface area contributed by atoms with Crippen LogP contribution in [-0.2, 0) is 0 Å². The number of hydrogen-bond acceptors (Lipinski definition) is 0. The summed E-state index contributed by atoms with van der Waals surface area (Å²) in [6, 6.07) is 0. The molecule has 3 heteroatoms. The minimum absolute atomic E-state index is 0.818. The van der Waals surface area contributed by atoms with Crippen molar-refractivity contribution >= 4 is 26.3 Å². The van der Waals surface area contributed by atoms with E-state index in [-0.39, 0.29) is 0 Å². The summed E-state index contributed by atoms with van der Waals surface area (Å²) in [7, 11) is 6.94. The zero-order valence-electron chi connectivity index (χ0n) is 11.1. The number of rotatable bonds is 4. The third-order valence-electron chi connectivity index (χ3n) is 3.53. The molecule has 1 nitrogen and oxygen atoms in total. The molecule has 0 spiro atoms. The summed E-state index contributed by atoms with van der Waals surface area (Å²) in [5.41, 5.74) is 1.64. The molecular formula is C11H28INP+. The van der Waals surface area contributed by atoms with Gasteiger partial charge in [0.05, 0.1) is 0 Å². The standard InChI is InChI=1S/C11H28INP/c1-10(2)14(8,12,11(3)4)9-13(5,6)7/h10-11H,9H2,1-8H3/q+1. The van der Waals surface area contributed by atoms with Crippen LogP contribution in [-0.4, -0.2) is 49.9 Å². The van der Waals surface area contributed by atoms with Crippen molar-refractivity contribution in [3.63, 3.8) is 0 Å². The van der Waals surface area contributed by atoms with Crippen molar-refractivity contribution < 1.29 is 4.48 Å². The number of nitrogens with zero attached hydrogens (tertiary/aromatic N) is 1. The van der Waals surface area contributed by atoms with Gasteiger partial charge in [-0.05, 0) is 0 Å². The Kier molecular flexibility index (Phi) is 4.51. The van der Waals surface area contributed by atoms with Gasteiger partial charge in [0.2, 0.25) is 0 Å². The molecule has 0 aliphatic heterocycles. The van der Waals surface area contributed by atoms with Crippen LogP contribution in [0.25, 0.3) is 0 Å². The van der Waals surface area contributed by atoms with E-state index in [2.05, 4.69) is 77.5 Å². The second kappa shape index (κ2) is 4.18. The van der Waals surface area contributed by atoms with E-state index in [0.717, 1.165) is 15.8 Å². The van der Waals surface area contributed by atoms with E-state index >= 15 is 0 Å². The quantitative estimate of drug-likeness (QED) is 0.415. The Labute approximate surface area is 104 Å². The molecular weight excluding hydrogens is 304 g/mol. The van der Waals surface area contributed by atoms with Crippen LogP contribution in [0.2, 0.25) is 0 Å². The molecule has 0 atom stereocenters. The van der Waals surface area contributed by atoms with Crippen molar-refractivity contribution in [2.75, 3.05) is 34.1 Å². The molecule has 0 aromatic heterocycles. The third-order valence-corrected chi connectivity index (χ3v) is 18.2. The fourth-order valence-electron chi connectivity index (χ4n) is 2.00.